The summed E-state index contributed by atoms with van der Waals surface area (Å²) in [5.74, 6) is -0.580. The smallest absolute Gasteiger partial charge is 0.244 e. The van der Waals surface area contributed by atoms with Crippen LogP contribution in [0.25, 0.3) is 0 Å². The molecule has 6 heteroatoms. The molecule has 1 saturated heterocycles. The summed E-state index contributed by atoms with van der Waals surface area (Å²) in [5.41, 5.74) is 0.403. The first-order valence-electron chi connectivity index (χ1n) is 7.92. The molecule has 1 aliphatic rings. The number of sulfone groups is 1. The van der Waals surface area contributed by atoms with Crippen molar-refractivity contribution < 1.29 is 17.6 Å². The summed E-state index contributed by atoms with van der Waals surface area (Å²) in [7, 11) is -3.45. The second-order valence-corrected chi connectivity index (χ2v) is 9.36. The van der Waals surface area contributed by atoms with Crippen LogP contribution in [0.1, 0.15) is 39.2 Å². The van der Waals surface area contributed by atoms with Gasteiger partial charge in [-0.1, -0.05) is 32.0 Å². The molecule has 0 saturated carbocycles. The van der Waals surface area contributed by atoms with Crippen molar-refractivity contribution in [3.8, 4) is 0 Å². The molecule has 0 N–H and O–H groups in total. The van der Waals surface area contributed by atoms with Crippen molar-refractivity contribution in [2.75, 3.05) is 12.3 Å². The summed E-state index contributed by atoms with van der Waals surface area (Å²) < 4.78 is 37.2. The van der Waals surface area contributed by atoms with E-state index in [9.17, 15) is 17.6 Å². The van der Waals surface area contributed by atoms with Crippen LogP contribution in [0.2, 0.25) is 0 Å². The third-order valence-corrected chi connectivity index (χ3v) is 6.98. The molecule has 1 heterocycles. The molecular weight excluding hydrogens is 317 g/mol. The fourth-order valence-corrected chi connectivity index (χ4v) is 4.87. The molecule has 23 heavy (non-hydrogen) atoms. The third-order valence-electron chi connectivity index (χ3n) is 4.40. The zero-order valence-electron chi connectivity index (χ0n) is 13.9. The van der Waals surface area contributed by atoms with Crippen LogP contribution in [0.4, 0.5) is 4.39 Å². The van der Waals surface area contributed by atoms with Crippen LogP contribution in [-0.4, -0.2) is 36.3 Å². The van der Waals surface area contributed by atoms with Crippen LogP contribution in [0.3, 0.4) is 0 Å². The van der Waals surface area contributed by atoms with Gasteiger partial charge >= 0.3 is 0 Å². The largest absolute Gasteiger partial charge is 0.337 e. The van der Waals surface area contributed by atoms with Gasteiger partial charge in [0.05, 0.1) is 5.75 Å². The Kier molecular flexibility index (Phi) is 5.14. The van der Waals surface area contributed by atoms with Gasteiger partial charge in [0.25, 0.3) is 0 Å². The molecule has 1 unspecified atom stereocenters. The Hall–Kier alpha value is -1.43. The lowest BCUT2D eigenvalue weighted by atomic mass is 10.0. The zero-order valence-corrected chi connectivity index (χ0v) is 14.7. The van der Waals surface area contributed by atoms with E-state index in [1.807, 2.05) is 13.8 Å². The molecule has 1 aromatic carbocycles. The number of carbonyl (C=O) groups excluding carboxylic acids is 1. The summed E-state index contributed by atoms with van der Waals surface area (Å²) in [6.07, 6.45) is 0.833. The van der Waals surface area contributed by atoms with Crippen LogP contribution < -0.4 is 0 Å². The maximum atomic E-state index is 13.9. The number of nitrogens with zero attached hydrogens (tertiary/aromatic N) is 1. The Morgan fingerprint density at radius 1 is 1.35 bits per heavy atom. The molecule has 2 rings (SSSR count). The Bertz CT molecular complexity index is 687. The standard InChI is InChI=1S/C17H24FNO3S/c1-13(2)11-19(12-14-7-4-5-8-15(14)18)16(20)17(3)9-6-10-23(17,21)22/h4-5,7-8,13H,6,9-12H2,1-3H3. The SMILES string of the molecule is CC(C)CN(Cc1ccccc1F)C(=O)C1(C)CCCS1(=O)=O. The second-order valence-electron chi connectivity index (χ2n) is 6.82. The zero-order chi connectivity index (χ0) is 17.3. The topological polar surface area (TPSA) is 54.5 Å². The molecule has 0 aliphatic carbocycles. The highest BCUT2D eigenvalue weighted by Crippen LogP contribution is 2.34. The van der Waals surface area contributed by atoms with Gasteiger partial charge in [0.2, 0.25) is 5.91 Å². The van der Waals surface area contributed by atoms with Crippen molar-refractivity contribution in [3.63, 3.8) is 0 Å². The van der Waals surface area contributed by atoms with E-state index in [0.717, 1.165) is 0 Å². The van der Waals surface area contributed by atoms with Crippen LogP contribution in [0.15, 0.2) is 24.3 Å². The van der Waals surface area contributed by atoms with Crippen molar-refractivity contribution in [3.05, 3.63) is 35.6 Å². The summed E-state index contributed by atoms with van der Waals surface area (Å²) in [6.45, 7) is 5.90. The van der Waals surface area contributed by atoms with E-state index in [1.165, 1.54) is 17.9 Å². The summed E-state index contributed by atoms with van der Waals surface area (Å²) >= 11 is 0. The van der Waals surface area contributed by atoms with E-state index in [4.69, 9.17) is 0 Å². The average molecular weight is 341 g/mol. The van der Waals surface area contributed by atoms with Crippen molar-refractivity contribution >= 4 is 15.7 Å². The molecule has 128 valence electrons. The molecule has 1 amide bonds. The predicted molar refractivity (Wildman–Crippen MR) is 88.1 cm³/mol. The molecule has 1 aromatic rings. The minimum absolute atomic E-state index is 0.0461. The molecule has 4 nitrogen and oxygen atoms in total. The lowest BCUT2D eigenvalue weighted by Crippen LogP contribution is -2.50. The van der Waals surface area contributed by atoms with E-state index in [1.54, 1.807) is 18.2 Å². The van der Waals surface area contributed by atoms with Gasteiger partial charge in [-0.2, -0.15) is 0 Å². The van der Waals surface area contributed by atoms with Gasteiger partial charge in [-0.3, -0.25) is 4.79 Å². The molecule has 0 radical (unpaired) electrons. The lowest BCUT2D eigenvalue weighted by Gasteiger charge is -2.32. The van der Waals surface area contributed by atoms with Gasteiger partial charge in [-0.15, -0.1) is 0 Å². The quantitative estimate of drug-likeness (QED) is 0.827. The summed E-state index contributed by atoms with van der Waals surface area (Å²) in [4.78, 5) is 14.5. The first kappa shape index (κ1) is 17.9. The third kappa shape index (κ3) is 3.57. The van der Waals surface area contributed by atoms with Gasteiger partial charge in [0.15, 0.2) is 9.84 Å². The first-order chi connectivity index (χ1) is 10.7. The maximum absolute atomic E-state index is 13.9. The second kappa shape index (κ2) is 6.59. The van der Waals surface area contributed by atoms with E-state index in [0.29, 0.717) is 24.9 Å². The van der Waals surface area contributed by atoms with Crippen molar-refractivity contribution in [2.45, 2.75) is 44.9 Å². The van der Waals surface area contributed by atoms with E-state index >= 15 is 0 Å². The Balaban J connectivity index is 2.32. The number of halogens is 1. The Morgan fingerprint density at radius 3 is 2.52 bits per heavy atom. The van der Waals surface area contributed by atoms with E-state index in [2.05, 4.69) is 0 Å². The summed E-state index contributed by atoms with van der Waals surface area (Å²) in [5, 5.41) is 0. The number of hydrogen-bond acceptors (Lipinski definition) is 3. The minimum Gasteiger partial charge on any atom is -0.337 e. The fourth-order valence-electron chi connectivity index (χ4n) is 3.05. The fraction of sp³-hybridized carbons (Fsp3) is 0.588. The molecule has 1 fully saturated rings. The minimum atomic E-state index is -3.45. The Morgan fingerprint density at radius 2 is 2.00 bits per heavy atom. The van der Waals surface area contributed by atoms with Gasteiger partial charge in [-0.05, 0) is 31.7 Å². The van der Waals surface area contributed by atoms with Crippen molar-refractivity contribution in [1.29, 1.82) is 0 Å². The number of benzene rings is 1. The lowest BCUT2D eigenvalue weighted by molar-refractivity contribution is -0.134. The van der Waals surface area contributed by atoms with Gasteiger partial charge in [0.1, 0.15) is 10.6 Å². The van der Waals surface area contributed by atoms with Gasteiger partial charge in [-0.25, -0.2) is 12.8 Å². The highest BCUT2D eigenvalue weighted by atomic mass is 32.2. The normalized spacial score (nSPS) is 23.2. The predicted octanol–water partition coefficient (Wildman–Crippen LogP) is 2.78. The number of amides is 1. The van der Waals surface area contributed by atoms with E-state index < -0.39 is 20.5 Å². The maximum Gasteiger partial charge on any atom is 0.244 e. The molecule has 0 aromatic heterocycles. The van der Waals surface area contributed by atoms with Crippen molar-refractivity contribution in [1.82, 2.24) is 4.90 Å². The highest BCUT2D eigenvalue weighted by molar-refractivity contribution is 7.93. The molecular formula is C17H24FNO3S. The van der Waals surface area contributed by atoms with Crippen LogP contribution in [-0.2, 0) is 21.2 Å². The first-order valence-corrected chi connectivity index (χ1v) is 9.57. The van der Waals surface area contributed by atoms with Crippen LogP contribution in [0.5, 0.6) is 0 Å². The molecule has 1 atom stereocenters. The summed E-state index contributed by atoms with van der Waals surface area (Å²) in [6, 6.07) is 6.28. The number of hydrogen-bond donors (Lipinski definition) is 0. The van der Waals surface area contributed by atoms with Gasteiger partial charge < -0.3 is 4.90 Å². The molecule has 0 spiro atoms. The highest BCUT2D eigenvalue weighted by Gasteiger charge is 2.51. The average Bonchev–Trinajstić information content (AvgIpc) is 2.74. The number of rotatable bonds is 5. The number of carbonyl (C=O) groups is 1. The van der Waals surface area contributed by atoms with Crippen molar-refractivity contribution in [2.24, 2.45) is 5.92 Å². The van der Waals surface area contributed by atoms with E-state index in [-0.39, 0.29) is 24.0 Å². The van der Waals surface area contributed by atoms with Gasteiger partial charge in [0, 0.05) is 18.7 Å². The molecule has 1 aliphatic heterocycles. The van der Waals surface area contributed by atoms with Crippen LogP contribution in [0, 0.1) is 11.7 Å². The molecule has 0 bridgehead atoms. The Labute approximate surface area is 137 Å². The van der Waals surface area contributed by atoms with Crippen LogP contribution >= 0.6 is 0 Å². The monoisotopic (exact) mass is 341 g/mol.